The molecular formula is C22H30N4O2. The summed E-state index contributed by atoms with van der Waals surface area (Å²) in [6.07, 6.45) is 8.32. The third kappa shape index (κ3) is 4.26. The van der Waals surface area contributed by atoms with Crippen molar-refractivity contribution in [2.75, 3.05) is 0 Å². The van der Waals surface area contributed by atoms with Gasteiger partial charge < -0.3 is 14.7 Å². The van der Waals surface area contributed by atoms with Gasteiger partial charge in [0.15, 0.2) is 11.2 Å². The number of phenolic OH excluding ortho intramolecular Hbond substituents is 1. The summed E-state index contributed by atoms with van der Waals surface area (Å²) in [4.78, 5) is 24.1. The quantitative estimate of drug-likeness (QED) is 0.583. The van der Waals surface area contributed by atoms with Gasteiger partial charge >= 0.3 is 0 Å². The molecule has 2 aromatic heterocycles. The molecule has 3 aromatic rings. The zero-order chi connectivity index (χ0) is 20.1. The number of rotatable bonds is 9. The summed E-state index contributed by atoms with van der Waals surface area (Å²) in [6.45, 7) is 6.79. The molecule has 0 aliphatic rings. The molecular weight excluding hydrogens is 352 g/mol. The Morgan fingerprint density at radius 2 is 1.71 bits per heavy atom. The number of benzene rings is 1. The van der Waals surface area contributed by atoms with Crippen molar-refractivity contribution < 1.29 is 5.11 Å². The van der Waals surface area contributed by atoms with Gasteiger partial charge in [0.25, 0.3) is 5.56 Å². The van der Waals surface area contributed by atoms with Crippen LogP contribution in [-0.4, -0.2) is 24.6 Å². The van der Waals surface area contributed by atoms with Crippen molar-refractivity contribution in [3.05, 3.63) is 51.3 Å². The van der Waals surface area contributed by atoms with Gasteiger partial charge in [0.1, 0.15) is 11.6 Å². The summed E-state index contributed by atoms with van der Waals surface area (Å²) in [6, 6.07) is 4.13. The van der Waals surface area contributed by atoms with Crippen molar-refractivity contribution in [1.29, 1.82) is 0 Å². The number of phenols is 1. The van der Waals surface area contributed by atoms with Crippen LogP contribution in [0.1, 0.15) is 69.0 Å². The molecule has 0 saturated heterocycles. The second-order valence-corrected chi connectivity index (χ2v) is 7.38. The lowest BCUT2D eigenvalue weighted by Crippen LogP contribution is -2.15. The first-order valence-electron chi connectivity index (χ1n) is 10.3. The van der Waals surface area contributed by atoms with Crippen LogP contribution in [0.25, 0.3) is 11.2 Å². The van der Waals surface area contributed by atoms with E-state index in [1.54, 1.807) is 6.33 Å². The molecule has 0 radical (unpaired) electrons. The van der Waals surface area contributed by atoms with Crippen molar-refractivity contribution in [2.45, 2.75) is 72.3 Å². The topological polar surface area (TPSA) is 83.8 Å². The van der Waals surface area contributed by atoms with Crippen molar-refractivity contribution in [3.63, 3.8) is 0 Å². The SMILES string of the molecule is CCCCc1cc(Cn2cnc3nc(CC)[nH]c(=O)c32)cc(CCCC)c1O. The Hall–Kier alpha value is -2.63. The fourth-order valence-electron chi connectivity index (χ4n) is 3.55. The number of imidazole rings is 1. The van der Waals surface area contributed by atoms with Gasteiger partial charge in [-0.05, 0) is 42.4 Å². The van der Waals surface area contributed by atoms with E-state index >= 15 is 0 Å². The molecule has 28 heavy (non-hydrogen) atoms. The maximum atomic E-state index is 12.5. The van der Waals surface area contributed by atoms with Crippen LogP contribution in [-0.2, 0) is 25.8 Å². The molecule has 150 valence electrons. The Morgan fingerprint density at radius 1 is 1.07 bits per heavy atom. The van der Waals surface area contributed by atoms with Crippen molar-refractivity contribution >= 4 is 11.2 Å². The van der Waals surface area contributed by atoms with Crippen molar-refractivity contribution in [3.8, 4) is 5.75 Å². The standard InChI is InChI=1S/C22H30N4O2/c1-4-7-9-16-11-15(12-17(20(16)27)10-8-5-2)13-26-14-23-21-19(26)22(28)25-18(6-3)24-21/h11-12,14,27H,4-10,13H2,1-3H3,(H,24,25,28). The molecule has 0 amide bonds. The maximum Gasteiger partial charge on any atom is 0.277 e. The van der Waals surface area contributed by atoms with Gasteiger partial charge in [0.05, 0.1) is 6.33 Å². The average Bonchev–Trinajstić information content (AvgIpc) is 3.10. The molecule has 0 bridgehead atoms. The predicted molar refractivity (Wildman–Crippen MR) is 112 cm³/mol. The summed E-state index contributed by atoms with van der Waals surface area (Å²) < 4.78 is 1.85. The number of aromatic amines is 1. The Kier molecular flexibility index (Phi) is 6.49. The number of aromatic hydroxyl groups is 1. The minimum Gasteiger partial charge on any atom is -0.507 e. The number of H-pyrrole nitrogens is 1. The van der Waals surface area contributed by atoms with Crippen LogP contribution in [0.15, 0.2) is 23.3 Å². The average molecular weight is 383 g/mol. The van der Waals surface area contributed by atoms with Crippen LogP contribution < -0.4 is 5.56 Å². The van der Waals surface area contributed by atoms with E-state index < -0.39 is 0 Å². The molecule has 0 unspecified atom stereocenters. The lowest BCUT2D eigenvalue weighted by atomic mass is 9.97. The van der Waals surface area contributed by atoms with Gasteiger partial charge in [-0.25, -0.2) is 9.97 Å². The minimum atomic E-state index is -0.157. The van der Waals surface area contributed by atoms with Gasteiger partial charge in [-0.2, -0.15) is 0 Å². The van der Waals surface area contributed by atoms with Crippen LogP contribution in [0, 0.1) is 0 Å². The normalized spacial score (nSPS) is 11.4. The van der Waals surface area contributed by atoms with Crippen LogP contribution in [0.3, 0.4) is 0 Å². The predicted octanol–water partition coefficient (Wildman–Crippen LogP) is 4.12. The van der Waals surface area contributed by atoms with Gasteiger partial charge in [-0.1, -0.05) is 45.7 Å². The molecule has 0 fully saturated rings. The Bertz CT molecular complexity index is 974. The van der Waals surface area contributed by atoms with E-state index in [1.165, 1.54) is 0 Å². The van der Waals surface area contributed by atoms with Crippen LogP contribution >= 0.6 is 0 Å². The van der Waals surface area contributed by atoms with Crippen molar-refractivity contribution in [2.24, 2.45) is 0 Å². The number of fused-ring (bicyclic) bond motifs is 1. The summed E-state index contributed by atoms with van der Waals surface area (Å²) in [5.41, 5.74) is 3.89. The maximum absolute atomic E-state index is 12.5. The Morgan fingerprint density at radius 3 is 2.29 bits per heavy atom. The van der Waals surface area contributed by atoms with Crippen LogP contribution in [0.5, 0.6) is 5.75 Å². The summed E-state index contributed by atoms with van der Waals surface area (Å²) in [5.74, 6) is 1.09. The van der Waals surface area contributed by atoms with E-state index in [0.29, 0.717) is 35.7 Å². The first-order chi connectivity index (χ1) is 13.6. The van der Waals surface area contributed by atoms with E-state index in [9.17, 15) is 9.90 Å². The van der Waals surface area contributed by atoms with Crippen molar-refractivity contribution in [1.82, 2.24) is 19.5 Å². The molecule has 6 heteroatoms. The van der Waals surface area contributed by atoms with E-state index in [4.69, 9.17) is 0 Å². The first kappa shape index (κ1) is 20.1. The van der Waals surface area contributed by atoms with Gasteiger partial charge in [-0.15, -0.1) is 0 Å². The zero-order valence-corrected chi connectivity index (χ0v) is 17.1. The highest BCUT2D eigenvalue weighted by Gasteiger charge is 2.14. The smallest absolute Gasteiger partial charge is 0.277 e. The Labute approximate surface area is 165 Å². The lowest BCUT2D eigenvalue weighted by molar-refractivity contribution is 0.458. The van der Waals surface area contributed by atoms with Gasteiger partial charge in [0, 0.05) is 13.0 Å². The Balaban J connectivity index is 1.99. The van der Waals surface area contributed by atoms with Crippen LogP contribution in [0.4, 0.5) is 0 Å². The molecule has 2 heterocycles. The highest BCUT2D eigenvalue weighted by molar-refractivity contribution is 5.69. The first-order valence-corrected chi connectivity index (χ1v) is 10.3. The minimum absolute atomic E-state index is 0.157. The number of unbranched alkanes of at least 4 members (excludes halogenated alkanes) is 2. The summed E-state index contributed by atoms with van der Waals surface area (Å²) in [5, 5.41) is 10.7. The summed E-state index contributed by atoms with van der Waals surface area (Å²) >= 11 is 0. The number of hydrogen-bond donors (Lipinski definition) is 2. The number of hydrogen-bond acceptors (Lipinski definition) is 4. The highest BCUT2D eigenvalue weighted by Crippen LogP contribution is 2.28. The van der Waals surface area contributed by atoms with E-state index in [0.717, 1.165) is 55.2 Å². The highest BCUT2D eigenvalue weighted by atomic mass is 16.3. The van der Waals surface area contributed by atoms with E-state index in [2.05, 4.69) is 40.9 Å². The fourth-order valence-corrected chi connectivity index (χ4v) is 3.55. The molecule has 0 atom stereocenters. The summed E-state index contributed by atoms with van der Waals surface area (Å²) in [7, 11) is 0. The number of nitrogens with one attached hydrogen (secondary N) is 1. The monoisotopic (exact) mass is 382 g/mol. The third-order valence-electron chi connectivity index (χ3n) is 5.15. The zero-order valence-electron chi connectivity index (χ0n) is 17.1. The second kappa shape index (κ2) is 9.04. The molecule has 0 aliphatic carbocycles. The lowest BCUT2D eigenvalue weighted by Gasteiger charge is -2.14. The van der Waals surface area contributed by atoms with E-state index in [-0.39, 0.29) is 5.56 Å². The molecule has 6 nitrogen and oxygen atoms in total. The van der Waals surface area contributed by atoms with Crippen LogP contribution in [0.2, 0.25) is 0 Å². The number of aromatic nitrogens is 4. The molecule has 0 aliphatic heterocycles. The fraction of sp³-hybridized carbons (Fsp3) is 0.500. The molecule has 1 aromatic carbocycles. The molecule has 2 N–H and O–H groups in total. The molecule has 0 spiro atoms. The van der Waals surface area contributed by atoms with Gasteiger partial charge in [-0.3, -0.25) is 4.79 Å². The number of nitrogens with zero attached hydrogens (tertiary/aromatic N) is 3. The largest absolute Gasteiger partial charge is 0.507 e. The van der Waals surface area contributed by atoms with Gasteiger partial charge in [0.2, 0.25) is 0 Å². The molecule has 3 rings (SSSR count). The number of aryl methyl sites for hydroxylation is 3. The van der Waals surface area contributed by atoms with E-state index in [1.807, 2.05) is 11.5 Å². The second-order valence-electron chi connectivity index (χ2n) is 7.38. The molecule has 0 saturated carbocycles. The third-order valence-corrected chi connectivity index (χ3v) is 5.15.